The molecule has 0 saturated carbocycles. The molecule has 2 aromatic rings. The number of rotatable bonds is 4. The number of fused-ring (bicyclic) bond motifs is 1. The predicted octanol–water partition coefficient (Wildman–Crippen LogP) is 5.12. The molecule has 1 atom stereocenters. The summed E-state index contributed by atoms with van der Waals surface area (Å²) in [7, 11) is 0. The van der Waals surface area contributed by atoms with Gasteiger partial charge in [-0.2, -0.15) is 0 Å². The van der Waals surface area contributed by atoms with E-state index in [0.29, 0.717) is 12.3 Å². The Morgan fingerprint density at radius 2 is 2.00 bits per heavy atom. The number of H-pyrrole nitrogens is 1. The smallest absolute Gasteiger partial charge is 0.165 e. The van der Waals surface area contributed by atoms with Gasteiger partial charge in [-0.1, -0.05) is 39.3 Å². The van der Waals surface area contributed by atoms with Crippen LogP contribution in [0.1, 0.15) is 56.5 Å². The molecule has 1 aromatic carbocycles. The highest BCUT2D eigenvalue weighted by Crippen LogP contribution is 2.28. The molecule has 0 saturated heterocycles. The minimum Gasteiger partial charge on any atom is -0.360 e. The molecule has 0 aliphatic rings. The highest BCUT2D eigenvalue weighted by atomic mass is 16.1. The van der Waals surface area contributed by atoms with Gasteiger partial charge in [-0.3, -0.25) is 4.79 Å². The number of aromatic nitrogens is 1. The SMILES string of the molecule is Cc1ccc2[nH]cc(C(=O)CC(C)CC(C)(C)C)c2c1. The number of aromatic amines is 1. The molecule has 0 aliphatic carbocycles. The maximum Gasteiger partial charge on any atom is 0.165 e. The van der Waals surface area contributed by atoms with E-state index in [1.165, 1.54) is 5.56 Å². The van der Waals surface area contributed by atoms with Crippen LogP contribution < -0.4 is 0 Å². The van der Waals surface area contributed by atoms with Crippen molar-refractivity contribution in [3.05, 3.63) is 35.5 Å². The first-order valence-electron chi connectivity index (χ1n) is 7.37. The summed E-state index contributed by atoms with van der Waals surface area (Å²) in [5.41, 5.74) is 3.34. The number of carbonyl (C=O) groups is 1. The molecule has 0 spiro atoms. The van der Waals surface area contributed by atoms with Crippen LogP contribution in [-0.2, 0) is 0 Å². The lowest BCUT2D eigenvalue weighted by molar-refractivity contribution is 0.0956. The number of benzene rings is 1. The molecular formula is C18H25NO. The summed E-state index contributed by atoms with van der Waals surface area (Å²) >= 11 is 0. The Labute approximate surface area is 121 Å². The zero-order valence-corrected chi connectivity index (χ0v) is 13.2. The zero-order valence-electron chi connectivity index (χ0n) is 13.2. The van der Waals surface area contributed by atoms with Crippen molar-refractivity contribution in [3.63, 3.8) is 0 Å². The standard InChI is InChI=1S/C18H25NO/c1-12-6-7-16-14(8-12)15(11-19-16)17(20)9-13(2)10-18(3,4)5/h6-8,11,13,19H,9-10H2,1-5H3. The van der Waals surface area contributed by atoms with Gasteiger partial charge in [0, 0.05) is 29.1 Å². The van der Waals surface area contributed by atoms with E-state index in [0.717, 1.165) is 22.9 Å². The first-order chi connectivity index (χ1) is 9.26. The highest BCUT2D eigenvalue weighted by Gasteiger charge is 2.20. The average molecular weight is 271 g/mol. The molecule has 0 aliphatic heterocycles. The summed E-state index contributed by atoms with van der Waals surface area (Å²) in [5, 5.41) is 1.05. The first kappa shape index (κ1) is 14.8. The summed E-state index contributed by atoms with van der Waals surface area (Å²) in [4.78, 5) is 15.7. The summed E-state index contributed by atoms with van der Waals surface area (Å²) in [6, 6.07) is 6.20. The third kappa shape index (κ3) is 3.50. The van der Waals surface area contributed by atoms with Crippen LogP contribution in [0.4, 0.5) is 0 Å². The summed E-state index contributed by atoms with van der Waals surface area (Å²) in [6.07, 6.45) is 3.55. The molecule has 2 nitrogen and oxygen atoms in total. The molecule has 1 heterocycles. The summed E-state index contributed by atoms with van der Waals surface area (Å²) < 4.78 is 0. The van der Waals surface area contributed by atoms with Gasteiger partial charge in [-0.25, -0.2) is 0 Å². The van der Waals surface area contributed by atoms with E-state index < -0.39 is 0 Å². The Kier molecular flexibility index (Phi) is 4.03. The Bertz CT molecular complexity index is 616. The van der Waals surface area contributed by atoms with E-state index in [4.69, 9.17) is 0 Å². The van der Waals surface area contributed by atoms with Gasteiger partial charge in [-0.15, -0.1) is 0 Å². The number of hydrogen-bond donors (Lipinski definition) is 1. The van der Waals surface area contributed by atoms with E-state index in [1.807, 2.05) is 12.3 Å². The van der Waals surface area contributed by atoms with E-state index >= 15 is 0 Å². The maximum absolute atomic E-state index is 12.5. The predicted molar refractivity (Wildman–Crippen MR) is 85.2 cm³/mol. The molecule has 1 unspecified atom stereocenters. The van der Waals surface area contributed by atoms with Gasteiger partial charge in [0.15, 0.2) is 5.78 Å². The molecule has 108 valence electrons. The van der Waals surface area contributed by atoms with E-state index in [2.05, 4.69) is 51.7 Å². The van der Waals surface area contributed by atoms with Gasteiger partial charge in [0.25, 0.3) is 0 Å². The lowest BCUT2D eigenvalue weighted by atomic mass is 9.83. The molecule has 0 fully saturated rings. The number of Topliss-reactive ketones (excluding diaryl/α,β-unsaturated/α-hetero) is 1. The second kappa shape index (κ2) is 5.43. The van der Waals surface area contributed by atoms with Crippen LogP contribution in [0.3, 0.4) is 0 Å². The van der Waals surface area contributed by atoms with E-state index in [1.54, 1.807) is 0 Å². The molecule has 0 radical (unpaired) electrons. The van der Waals surface area contributed by atoms with Crippen molar-refractivity contribution < 1.29 is 4.79 Å². The lowest BCUT2D eigenvalue weighted by Crippen LogP contribution is -2.14. The number of carbonyl (C=O) groups excluding carboxylic acids is 1. The van der Waals surface area contributed by atoms with Crippen LogP contribution in [0.15, 0.2) is 24.4 Å². The van der Waals surface area contributed by atoms with E-state index in [9.17, 15) is 4.79 Å². The summed E-state index contributed by atoms with van der Waals surface area (Å²) in [5.74, 6) is 0.663. The van der Waals surface area contributed by atoms with Crippen LogP contribution in [0, 0.1) is 18.3 Å². The molecule has 20 heavy (non-hydrogen) atoms. The molecule has 1 N–H and O–H groups in total. The van der Waals surface area contributed by atoms with Crippen molar-refractivity contribution in [2.24, 2.45) is 11.3 Å². The fraction of sp³-hybridized carbons (Fsp3) is 0.500. The van der Waals surface area contributed by atoms with Gasteiger partial charge in [0.1, 0.15) is 0 Å². The van der Waals surface area contributed by atoms with Crippen LogP contribution in [0.5, 0.6) is 0 Å². The third-order valence-corrected chi connectivity index (χ3v) is 3.63. The quantitative estimate of drug-likeness (QED) is 0.769. The maximum atomic E-state index is 12.5. The van der Waals surface area contributed by atoms with Crippen molar-refractivity contribution in [3.8, 4) is 0 Å². The monoisotopic (exact) mass is 271 g/mol. The molecule has 2 heteroatoms. The second-order valence-electron chi connectivity index (χ2n) is 7.25. The molecule has 0 bridgehead atoms. The Morgan fingerprint density at radius 1 is 1.30 bits per heavy atom. The first-order valence-corrected chi connectivity index (χ1v) is 7.37. The largest absolute Gasteiger partial charge is 0.360 e. The van der Waals surface area contributed by atoms with Gasteiger partial charge in [0.05, 0.1) is 0 Å². The number of nitrogens with one attached hydrogen (secondary N) is 1. The Morgan fingerprint density at radius 3 is 2.65 bits per heavy atom. The molecule has 2 rings (SSSR count). The van der Waals surface area contributed by atoms with Crippen molar-refractivity contribution in [2.45, 2.75) is 47.5 Å². The average Bonchev–Trinajstić information content (AvgIpc) is 2.68. The number of hydrogen-bond acceptors (Lipinski definition) is 1. The topological polar surface area (TPSA) is 32.9 Å². The number of ketones is 1. The molecule has 0 amide bonds. The fourth-order valence-electron chi connectivity index (χ4n) is 3.01. The normalized spacial score (nSPS) is 13.7. The van der Waals surface area contributed by atoms with Gasteiger partial charge < -0.3 is 4.98 Å². The van der Waals surface area contributed by atoms with Crippen molar-refractivity contribution in [2.75, 3.05) is 0 Å². The zero-order chi connectivity index (χ0) is 14.9. The summed E-state index contributed by atoms with van der Waals surface area (Å²) in [6.45, 7) is 10.9. The minimum absolute atomic E-state index is 0.249. The minimum atomic E-state index is 0.249. The van der Waals surface area contributed by atoms with Crippen molar-refractivity contribution >= 4 is 16.7 Å². The van der Waals surface area contributed by atoms with Crippen LogP contribution in [0.2, 0.25) is 0 Å². The van der Waals surface area contributed by atoms with Crippen molar-refractivity contribution in [1.29, 1.82) is 0 Å². The Balaban J connectivity index is 2.17. The second-order valence-corrected chi connectivity index (χ2v) is 7.25. The third-order valence-electron chi connectivity index (χ3n) is 3.63. The molecule has 1 aromatic heterocycles. The molecular weight excluding hydrogens is 246 g/mol. The van der Waals surface area contributed by atoms with Crippen LogP contribution >= 0.6 is 0 Å². The van der Waals surface area contributed by atoms with Gasteiger partial charge >= 0.3 is 0 Å². The van der Waals surface area contributed by atoms with Crippen LogP contribution in [0.25, 0.3) is 10.9 Å². The number of aryl methyl sites for hydroxylation is 1. The van der Waals surface area contributed by atoms with Gasteiger partial charge in [0.2, 0.25) is 0 Å². The van der Waals surface area contributed by atoms with Crippen LogP contribution in [-0.4, -0.2) is 10.8 Å². The van der Waals surface area contributed by atoms with Gasteiger partial charge in [-0.05, 0) is 36.8 Å². The highest BCUT2D eigenvalue weighted by molar-refractivity contribution is 6.08. The Hall–Kier alpha value is -1.57. The van der Waals surface area contributed by atoms with Crippen molar-refractivity contribution in [1.82, 2.24) is 4.98 Å². The van der Waals surface area contributed by atoms with E-state index in [-0.39, 0.29) is 11.2 Å². The lowest BCUT2D eigenvalue weighted by Gasteiger charge is -2.22. The fourth-order valence-corrected chi connectivity index (χ4v) is 3.01.